The van der Waals surface area contributed by atoms with Crippen LogP contribution in [0.4, 0.5) is 0 Å². The molecule has 0 atom stereocenters. The van der Waals surface area contributed by atoms with Crippen LogP contribution in [0.2, 0.25) is 0 Å². The fourth-order valence-electron chi connectivity index (χ4n) is 2.86. The van der Waals surface area contributed by atoms with E-state index in [1.807, 2.05) is 18.2 Å². The first-order valence-electron chi connectivity index (χ1n) is 8.81. The summed E-state index contributed by atoms with van der Waals surface area (Å²) in [6.45, 7) is 8.99. The zero-order chi connectivity index (χ0) is 17.9. The van der Waals surface area contributed by atoms with Crippen LogP contribution in [0, 0.1) is 0 Å². The smallest absolute Gasteiger partial charge is 0.287 e. The first-order chi connectivity index (χ1) is 11.9. The van der Waals surface area contributed by atoms with Gasteiger partial charge in [0.25, 0.3) is 5.91 Å². The number of carbonyl (C=O) groups is 1. The molecule has 1 aromatic carbocycles. The molecule has 0 radical (unpaired) electrons. The third-order valence-corrected chi connectivity index (χ3v) is 4.50. The molecule has 2 heterocycles. The average Bonchev–Trinajstić information content (AvgIpc) is 3.10. The summed E-state index contributed by atoms with van der Waals surface area (Å²) in [5.41, 5.74) is 3.64. The van der Waals surface area contributed by atoms with E-state index in [0.29, 0.717) is 18.1 Å². The van der Waals surface area contributed by atoms with E-state index in [4.69, 9.17) is 4.42 Å². The van der Waals surface area contributed by atoms with Crippen molar-refractivity contribution in [1.29, 1.82) is 0 Å². The van der Waals surface area contributed by atoms with Crippen molar-refractivity contribution >= 4 is 5.91 Å². The highest BCUT2D eigenvalue weighted by Crippen LogP contribution is 2.27. The number of rotatable bonds is 4. The minimum atomic E-state index is -0.169. The highest BCUT2D eigenvalue weighted by atomic mass is 16.3. The Bertz CT molecular complexity index is 764. The topological polar surface area (TPSA) is 54.3 Å². The summed E-state index contributed by atoms with van der Waals surface area (Å²) in [7, 11) is 0. The lowest BCUT2D eigenvalue weighted by atomic mass is 9.86. The van der Waals surface area contributed by atoms with Gasteiger partial charge in [-0.3, -0.25) is 4.79 Å². The zero-order valence-electron chi connectivity index (χ0n) is 15.2. The van der Waals surface area contributed by atoms with Gasteiger partial charge in [-0.2, -0.15) is 0 Å². The van der Waals surface area contributed by atoms with Crippen molar-refractivity contribution in [3.63, 3.8) is 0 Å². The summed E-state index contributed by atoms with van der Waals surface area (Å²) in [5, 5.41) is 6.19. The predicted octanol–water partition coefficient (Wildman–Crippen LogP) is 3.89. The van der Waals surface area contributed by atoms with Gasteiger partial charge in [-0.1, -0.05) is 56.7 Å². The van der Waals surface area contributed by atoms with Gasteiger partial charge in [0.2, 0.25) is 0 Å². The summed E-state index contributed by atoms with van der Waals surface area (Å²) in [5.74, 6) is 0.896. The second-order valence-corrected chi connectivity index (χ2v) is 7.49. The van der Waals surface area contributed by atoms with Crippen molar-refractivity contribution in [2.75, 3.05) is 19.6 Å². The molecule has 1 aliphatic heterocycles. The molecule has 0 fully saturated rings. The van der Waals surface area contributed by atoms with E-state index in [0.717, 1.165) is 25.1 Å². The van der Waals surface area contributed by atoms with Crippen LogP contribution in [0.25, 0.3) is 11.3 Å². The number of amides is 1. The van der Waals surface area contributed by atoms with Crippen LogP contribution in [0.15, 0.2) is 52.5 Å². The SMILES string of the molecule is CC(C)(C)c1ccc(-c2ccc(C(=O)NCC3=CCNCC3)o2)cc1. The van der Waals surface area contributed by atoms with Gasteiger partial charge in [0.15, 0.2) is 5.76 Å². The van der Waals surface area contributed by atoms with Gasteiger partial charge >= 0.3 is 0 Å². The Hall–Kier alpha value is -2.33. The molecule has 1 amide bonds. The summed E-state index contributed by atoms with van der Waals surface area (Å²) < 4.78 is 5.75. The zero-order valence-corrected chi connectivity index (χ0v) is 15.2. The van der Waals surface area contributed by atoms with Crippen LogP contribution < -0.4 is 10.6 Å². The number of furan rings is 1. The maximum atomic E-state index is 12.3. The number of benzene rings is 1. The molecule has 1 aliphatic rings. The van der Waals surface area contributed by atoms with E-state index in [-0.39, 0.29) is 11.3 Å². The van der Waals surface area contributed by atoms with Crippen LogP contribution in [0.3, 0.4) is 0 Å². The quantitative estimate of drug-likeness (QED) is 0.832. The largest absolute Gasteiger partial charge is 0.451 e. The second-order valence-electron chi connectivity index (χ2n) is 7.49. The van der Waals surface area contributed by atoms with Gasteiger partial charge in [0.05, 0.1) is 0 Å². The van der Waals surface area contributed by atoms with Crippen LogP contribution in [0.1, 0.15) is 43.3 Å². The number of hydrogen-bond acceptors (Lipinski definition) is 3. The molecule has 132 valence electrons. The normalized spacial score (nSPS) is 14.9. The van der Waals surface area contributed by atoms with E-state index >= 15 is 0 Å². The molecule has 0 bridgehead atoms. The standard InChI is InChI=1S/C21H26N2O2/c1-21(2,3)17-6-4-16(5-7-17)18-8-9-19(25-18)20(24)23-14-15-10-12-22-13-11-15/h4-10,22H,11-14H2,1-3H3,(H,23,24). The van der Waals surface area contributed by atoms with Gasteiger partial charge in [-0.25, -0.2) is 0 Å². The third kappa shape index (κ3) is 4.40. The fourth-order valence-corrected chi connectivity index (χ4v) is 2.86. The minimum absolute atomic E-state index is 0.121. The van der Waals surface area contributed by atoms with Crippen LogP contribution in [0.5, 0.6) is 0 Å². The van der Waals surface area contributed by atoms with Crippen molar-refractivity contribution in [1.82, 2.24) is 10.6 Å². The Morgan fingerprint density at radius 1 is 1.16 bits per heavy atom. The van der Waals surface area contributed by atoms with E-state index in [9.17, 15) is 4.79 Å². The molecule has 3 rings (SSSR count). The molecule has 0 saturated heterocycles. The molecule has 25 heavy (non-hydrogen) atoms. The van der Waals surface area contributed by atoms with Gasteiger partial charge in [0.1, 0.15) is 5.76 Å². The van der Waals surface area contributed by atoms with Gasteiger partial charge in [-0.15, -0.1) is 0 Å². The molecule has 0 aliphatic carbocycles. The van der Waals surface area contributed by atoms with E-state index < -0.39 is 0 Å². The van der Waals surface area contributed by atoms with Crippen molar-refractivity contribution < 1.29 is 9.21 Å². The van der Waals surface area contributed by atoms with Crippen molar-refractivity contribution in [3.05, 3.63) is 59.4 Å². The molecule has 0 unspecified atom stereocenters. The van der Waals surface area contributed by atoms with E-state index in [1.54, 1.807) is 6.07 Å². The van der Waals surface area contributed by atoms with Crippen molar-refractivity contribution in [3.8, 4) is 11.3 Å². The molecule has 0 spiro atoms. The summed E-state index contributed by atoms with van der Waals surface area (Å²) in [6, 6.07) is 11.9. The molecule has 0 saturated carbocycles. The lowest BCUT2D eigenvalue weighted by Crippen LogP contribution is -2.29. The Morgan fingerprint density at radius 2 is 1.92 bits per heavy atom. The summed E-state index contributed by atoms with van der Waals surface area (Å²) in [4.78, 5) is 12.3. The molecular formula is C21H26N2O2. The summed E-state index contributed by atoms with van der Waals surface area (Å²) in [6.07, 6.45) is 3.11. The fraction of sp³-hybridized carbons (Fsp3) is 0.381. The summed E-state index contributed by atoms with van der Waals surface area (Å²) >= 11 is 0. The number of hydrogen-bond donors (Lipinski definition) is 2. The Balaban J connectivity index is 1.65. The second kappa shape index (κ2) is 7.28. The Morgan fingerprint density at radius 3 is 2.56 bits per heavy atom. The number of carbonyl (C=O) groups excluding carboxylic acids is 1. The number of nitrogens with one attached hydrogen (secondary N) is 2. The van der Waals surface area contributed by atoms with Crippen molar-refractivity contribution in [2.45, 2.75) is 32.6 Å². The lowest BCUT2D eigenvalue weighted by molar-refractivity contribution is 0.0930. The molecule has 2 aromatic rings. The van der Waals surface area contributed by atoms with Gasteiger partial charge in [0, 0.05) is 18.7 Å². The lowest BCUT2D eigenvalue weighted by Gasteiger charge is -2.18. The highest BCUT2D eigenvalue weighted by molar-refractivity contribution is 5.92. The third-order valence-electron chi connectivity index (χ3n) is 4.50. The van der Waals surface area contributed by atoms with Gasteiger partial charge < -0.3 is 15.1 Å². The first-order valence-corrected chi connectivity index (χ1v) is 8.81. The molecule has 4 nitrogen and oxygen atoms in total. The predicted molar refractivity (Wildman–Crippen MR) is 101 cm³/mol. The molecule has 4 heteroatoms. The van der Waals surface area contributed by atoms with Crippen molar-refractivity contribution in [2.24, 2.45) is 0 Å². The maximum absolute atomic E-state index is 12.3. The first kappa shape index (κ1) is 17.5. The average molecular weight is 338 g/mol. The monoisotopic (exact) mass is 338 g/mol. The Labute approximate surface area is 149 Å². The maximum Gasteiger partial charge on any atom is 0.287 e. The van der Waals surface area contributed by atoms with Gasteiger partial charge in [-0.05, 0) is 36.1 Å². The highest BCUT2D eigenvalue weighted by Gasteiger charge is 2.15. The van der Waals surface area contributed by atoms with E-state index in [1.165, 1.54) is 11.1 Å². The molecular weight excluding hydrogens is 312 g/mol. The minimum Gasteiger partial charge on any atom is -0.451 e. The van der Waals surface area contributed by atoms with Crippen LogP contribution in [-0.4, -0.2) is 25.5 Å². The Kier molecular flexibility index (Phi) is 5.09. The van der Waals surface area contributed by atoms with Crippen LogP contribution >= 0.6 is 0 Å². The molecule has 1 aromatic heterocycles. The molecule has 2 N–H and O–H groups in total. The van der Waals surface area contributed by atoms with E-state index in [2.05, 4.69) is 49.6 Å². The van der Waals surface area contributed by atoms with Crippen LogP contribution in [-0.2, 0) is 5.41 Å².